The third-order valence-electron chi connectivity index (χ3n) is 5.82. The summed E-state index contributed by atoms with van der Waals surface area (Å²) in [6, 6.07) is 0.297. The summed E-state index contributed by atoms with van der Waals surface area (Å²) in [6.07, 6.45) is 1.85. The van der Waals surface area contributed by atoms with Crippen LogP contribution in [0.15, 0.2) is 0 Å². The average molecular weight is 354 g/mol. The molecular weight excluding hydrogens is 324 g/mol. The molecule has 3 saturated heterocycles. The smallest absolute Gasteiger partial charge is 0.411 e. The second-order valence-electron chi connectivity index (χ2n) is 7.47. The Bertz CT molecular complexity index is 495. The molecule has 3 aliphatic rings. The first-order valence-electron chi connectivity index (χ1n) is 9.13. The highest BCUT2D eigenvalue weighted by atomic mass is 16.6. The number of likely N-dealkylation sites (tertiary alicyclic amines) is 1. The lowest BCUT2D eigenvalue weighted by Crippen LogP contribution is -2.60. The number of piperazine rings is 1. The Kier molecular flexibility index (Phi) is 5.81. The Morgan fingerprint density at radius 1 is 1.16 bits per heavy atom. The van der Waals surface area contributed by atoms with E-state index in [4.69, 9.17) is 9.47 Å². The maximum Gasteiger partial charge on any atom is 0.411 e. The van der Waals surface area contributed by atoms with Gasteiger partial charge in [0.15, 0.2) is 6.23 Å². The fourth-order valence-electron chi connectivity index (χ4n) is 4.16. The number of rotatable bonds is 4. The molecule has 0 aromatic carbocycles. The van der Waals surface area contributed by atoms with E-state index in [1.54, 1.807) is 11.9 Å². The number of cyclic esters (lactones) is 1. The quantitative estimate of drug-likeness (QED) is 0.653. The minimum absolute atomic E-state index is 0.174. The third-order valence-corrected chi connectivity index (χ3v) is 5.82. The molecule has 0 N–H and O–H groups in total. The molecule has 3 rings (SSSR count). The topological polar surface area (TPSA) is 65.6 Å². The van der Waals surface area contributed by atoms with Crippen LogP contribution in [-0.4, -0.2) is 111 Å². The summed E-state index contributed by atoms with van der Waals surface area (Å²) in [5, 5.41) is 0. The summed E-state index contributed by atoms with van der Waals surface area (Å²) in [7, 11) is 5.37. The van der Waals surface area contributed by atoms with Crippen LogP contribution in [0.2, 0.25) is 0 Å². The van der Waals surface area contributed by atoms with Crippen LogP contribution in [0.25, 0.3) is 0 Å². The molecule has 0 bridgehead atoms. The molecular formula is C17H30N4O4. The molecule has 8 heteroatoms. The van der Waals surface area contributed by atoms with E-state index in [0.717, 1.165) is 45.6 Å². The standard InChI is InChI=1S/C17H30N4O4/c1-18-6-4-13(5-7-18)14-10-21(15-11-19(2)17(23)25-15)9-8-20(14)12-16(22)24-3/h13-15H,4-12H2,1-3H3. The van der Waals surface area contributed by atoms with E-state index in [1.165, 1.54) is 7.11 Å². The fourth-order valence-corrected chi connectivity index (χ4v) is 4.16. The van der Waals surface area contributed by atoms with Gasteiger partial charge >= 0.3 is 12.1 Å². The molecule has 0 aliphatic carbocycles. The maximum absolute atomic E-state index is 11.8. The predicted octanol–water partition coefficient (Wildman–Crippen LogP) is -0.104. The van der Waals surface area contributed by atoms with Crippen molar-refractivity contribution in [3.05, 3.63) is 0 Å². The number of carbonyl (C=O) groups is 2. The SMILES string of the molecule is COC(=O)CN1CCN(C2CN(C)C(=O)O2)CC1C1CCN(C)CC1. The first-order chi connectivity index (χ1) is 12.0. The molecule has 3 heterocycles. The predicted molar refractivity (Wildman–Crippen MR) is 92.1 cm³/mol. The van der Waals surface area contributed by atoms with Crippen LogP contribution < -0.4 is 0 Å². The van der Waals surface area contributed by atoms with E-state index in [-0.39, 0.29) is 18.3 Å². The Balaban J connectivity index is 1.67. The molecule has 142 valence electrons. The molecule has 2 atom stereocenters. The van der Waals surface area contributed by atoms with Crippen molar-refractivity contribution in [2.45, 2.75) is 25.1 Å². The molecule has 3 fully saturated rings. The van der Waals surface area contributed by atoms with Crippen molar-refractivity contribution in [1.82, 2.24) is 19.6 Å². The van der Waals surface area contributed by atoms with Gasteiger partial charge in [-0.2, -0.15) is 0 Å². The molecule has 2 unspecified atom stereocenters. The largest absolute Gasteiger partial charge is 0.468 e. The molecule has 8 nitrogen and oxygen atoms in total. The average Bonchev–Trinajstić information content (AvgIpc) is 2.95. The normalized spacial score (nSPS) is 30.5. The van der Waals surface area contributed by atoms with Crippen LogP contribution in [-0.2, 0) is 14.3 Å². The number of hydrogen-bond acceptors (Lipinski definition) is 7. The fraction of sp³-hybridized carbons (Fsp3) is 0.882. The van der Waals surface area contributed by atoms with Gasteiger partial charge in [-0.15, -0.1) is 0 Å². The van der Waals surface area contributed by atoms with Crippen LogP contribution in [0.4, 0.5) is 4.79 Å². The Morgan fingerprint density at radius 2 is 1.88 bits per heavy atom. The minimum atomic E-state index is -0.252. The van der Waals surface area contributed by atoms with E-state index in [2.05, 4.69) is 21.7 Å². The Morgan fingerprint density at radius 3 is 2.48 bits per heavy atom. The summed E-state index contributed by atoms with van der Waals surface area (Å²) < 4.78 is 10.4. The van der Waals surface area contributed by atoms with Crippen molar-refractivity contribution in [3.8, 4) is 0 Å². The van der Waals surface area contributed by atoms with Gasteiger partial charge in [-0.3, -0.25) is 14.6 Å². The number of esters is 1. The van der Waals surface area contributed by atoms with Crippen molar-refractivity contribution in [1.29, 1.82) is 0 Å². The Hall–Kier alpha value is -1.38. The van der Waals surface area contributed by atoms with E-state index in [1.807, 2.05) is 0 Å². The zero-order valence-corrected chi connectivity index (χ0v) is 15.5. The number of piperidine rings is 1. The van der Waals surface area contributed by atoms with E-state index >= 15 is 0 Å². The number of carbonyl (C=O) groups excluding carboxylic acids is 2. The summed E-state index contributed by atoms with van der Waals surface area (Å²) >= 11 is 0. The summed E-state index contributed by atoms with van der Waals surface area (Å²) in [6.45, 7) is 5.55. The van der Waals surface area contributed by atoms with Gasteiger partial charge < -0.3 is 19.3 Å². The highest BCUT2D eigenvalue weighted by Crippen LogP contribution is 2.28. The molecule has 0 aromatic rings. The van der Waals surface area contributed by atoms with Gasteiger partial charge in [0.2, 0.25) is 0 Å². The third kappa shape index (κ3) is 4.24. The molecule has 0 saturated carbocycles. The lowest BCUT2D eigenvalue weighted by Gasteiger charge is -2.47. The number of nitrogens with zero attached hydrogens (tertiary/aromatic N) is 4. The maximum atomic E-state index is 11.8. The number of likely N-dealkylation sites (N-methyl/N-ethyl adjacent to an activating group) is 1. The Labute approximate surface area is 149 Å². The van der Waals surface area contributed by atoms with E-state index in [9.17, 15) is 9.59 Å². The van der Waals surface area contributed by atoms with Crippen molar-refractivity contribution in [2.75, 3.05) is 67.0 Å². The van der Waals surface area contributed by atoms with Crippen LogP contribution >= 0.6 is 0 Å². The van der Waals surface area contributed by atoms with Crippen molar-refractivity contribution < 1.29 is 19.1 Å². The van der Waals surface area contributed by atoms with Crippen LogP contribution in [0.5, 0.6) is 0 Å². The van der Waals surface area contributed by atoms with Gasteiger partial charge in [-0.1, -0.05) is 0 Å². The zero-order chi connectivity index (χ0) is 18.0. The van der Waals surface area contributed by atoms with E-state index in [0.29, 0.717) is 25.0 Å². The minimum Gasteiger partial charge on any atom is -0.468 e. The van der Waals surface area contributed by atoms with Gasteiger partial charge in [0, 0.05) is 32.7 Å². The van der Waals surface area contributed by atoms with Gasteiger partial charge in [0.25, 0.3) is 0 Å². The van der Waals surface area contributed by atoms with Crippen molar-refractivity contribution >= 4 is 12.1 Å². The summed E-state index contributed by atoms with van der Waals surface area (Å²) in [4.78, 5) is 32.0. The summed E-state index contributed by atoms with van der Waals surface area (Å²) in [5.41, 5.74) is 0. The lowest BCUT2D eigenvalue weighted by atomic mass is 9.87. The summed E-state index contributed by atoms with van der Waals surface area (Å²) in [5.74, 6) is 0.372. The first-order valence-corrected chi connectivity index (χ1v) is 9.13. The van der Waals surface area contributed by atoms with Crippen molar-refractivity contribution in [3.63, 3.8) is 0 Å². The lowest BCUT2D eigenvalue weighted by molar-refractivity contribution is -0.144. The second-order valence-corrected chi connectivity index (χ2v) is 7.47. The highest BCUT2D eigenvalue weighted by Gasteiger charge is 2.40. The molecule has 25 heavy (non-hydrogen) atoms. The highest BCUT2D eigenvalue weighted by molar-refractivity contribution is 5.71. The second kappa shape index (κ2) is 7.88. The van der Waals surface area contributed by atoms with Crippen LogP contribution in [0.1, 0.15) is 12.8 Å². The zero-order valence-electron chi connectivity index (χ0n) is 15.5. The molecule has 1 amide bonds. The van der Waals surface area contributed by atoms with Crippen LogP contribution in [0, 0.1) is 5.92 Å². The number of ether oxygens (including phenoxy) is 2. The van der Waals surface area contributed by atoms with E-state index < -0.39 is 0 Å². The number of amides is 1. The number of hydrogen-bond donors (Lipinski definition) is 0. The van der Waals surface area contributed by atoms with Crippen LogP contribution in [0.3, 0.4) is 0 Å². The van der Waals surface area contributed by atoms with Gasteiger partial charge in [0.1, 0.15) is 0 Å². The molecule has 0 radical (unpaired) electrons. The molecule has 0 aromatic heterocycles. The number of methoxy groups -OCH3 is 1. The van der Waals surface area contributed by atoms with Crippen molar-refractivity contribution in [2.24, 2.45) is 5.92 Å². The van der Waals surface area contributed by atoms with Gasteiger partial charge in [-0.25, -0.2) is 4.79 Å². The monoisotopic (exact) mass is 354 g/mol. The van der Waals surface area contributed by atoms with Gasteiger partial charge in [0.05, 0.1) is 20.2 Å². The van der Waals surface area contributed by atoms with Gasteiger partial charge in [-0.05, 0) is 38.9 Å². The molecule has 3 aliphatic heterocycles. The first kappa shape index (κ1) is 18.4. The molecule has 0 spiro atoms.